The third-order valence-corrected chi connectivity index (χ3v) is 3.78. The smallest absolute Gasteiger partial charge is 0.266 e. The summed E-state index contributed by atoms with van der Waals surface area (Å²) >= 11 is 5.97. The summed E-state index contributed by atoms with van der Waals surface area (Å²) in [5, 5.41) is 24.5. The number of rotatable bonds is 6. The number of carbonyl (C=O) groups excluding carboxylic acids is 2. The van der Waals surface area contributed by atoms with Gasteiger partial charge in [-0.1, -0.05) is 11.6 Å². The van der Waals surface area contributed by atoms with Crippen LogP contribution in [0, 0.1) is 11.3 Å². The van der Waals surface area contributed by atoms with Crippen molar-refractivity contribution >= 4 is 40.9 Å². The van der Waals surface area contributed by atoms with E-state index in [1.165, 1.54) is 25.1 Å². The zero-order valence-electron chi connectivity index (χ0n) is 15.2. The molecule has 0 radical (unpaired) electrons. The Morgan fingerprint density at radius 2 is 1.82 bits per heavy atom. The molecule has 3 N–H and O–H groups in total. The van der Waals surface area contributed by atoms with Crippen molar-refractivity contribution in [1.29, 1.82) is 5.26 Å². The molecule has 0 aromatic heterocycles. The predicted octanol–water partition coefficient (Wildman–Crippen LogP) is 3.95. The molecule has 0 unspecified atom stereocenters. The summed E-state index contributed by atoms with van der Waals surface area (Å²) in [6, 6.07) is 11.2. The van der Waals surface area contributed by atoms with Crippen LogP contribution in [-0.2, 0) is 9.59 Å². The van der Waals surface area contributed by atoms with Gasteiger partial charge in [-0.2, -0.15) is 5.26 Å². The second kappa shape index (κ2) is 9.44. The van der Waals surface area contributed by atoms with Gasteiger partial charge in [0.25, 0.3) is 5.91 Å². The first-order valence-corrected chi connectivity index (χ1v) is 8.68. The monoisotopic (exact) mass is 399 g/mol. The van der Waals surface area contributed by atoms with Gasteiger partial charge in [-0.3, -0.25) is 9.59 Å². The maximum atomic E-state index is 12.4. The maximum absolute atomic E-state index is 12.4. The SMILES string of the molecule is CCOc1cc(/C=C(\C#N)C(=O)Nc2ccc(NC(C)=O)cc2)cc(Cl)c1O. The van der Waals surface area contributed by atoms with Gasteiger partial charge in [-0.25, -0.2) is 0 Å². The second-order valence-electron chi connectivity index (χ2n) is 5.66. The Hall–Kier alpha value is -3.50. The molecule has 0 heterocycles. The molecule has 0 aliphatic rings. The zero-order chi connectivity index (χ0) is 20.7. The lowest BCUT2D eigenvalue weighted by Crippen LogP contribution is -2.13. The van der Waals surface area contributed by atoms with E-state index < -0.39 is 5.91 Å². The van der Waals surface area contributed by atoms with Crippen LogP contribution in [-0.4, -0.2) is 23.5 Å². The van der Waals surface area contributed by atoms with E-state index in [0.717, 1.165) is 0 Å². The fourth-order valence-corrected chi connectivity index (χ4v) is 2.52. The molecule has 0 saturated carbocycles. The van der Waals surface area contributed by atoms with Gasteiger partial charge in [0.1, 0.15) is 11.6 Å². The van der Waals surface area contributed by atoms with Crippen molar-refractivity contribution in [3.63, 3.8) is 0 Å². The highest BCUT2D eigenvalue weighted by atomic mass is 35.5. The first-order valence-electron chi connectivity index (χ1n) is 8.30. The Bertz CT molecular complexity index is 963. The van der Waals surface area contributed by atoms with Crippen LogP contribution < -0.4 is 15.4 Å². The standard InChI is InChI=1S/C20H18ClN3O4/c1-3-28-18-10-13(9-17(21)19(18)26)8-14(11-22)20(27)24-16-6-4-15(5-7-16)23-12(2)25/h4-10,26H,3H2,1-2H3,(H,23,25)(H,24,27)/b14-8+. The molecule has 7 nitrogen and oxygen atoms in total. The van der Waals surface area contributed by atoms with Crippen LogP contribution in [0.15, 0.2) is 42.0 Å². The van der Waals surface area contributed by atoms with Crippen molar-refractivity contribution in [2.24, 2.45) is 0 Å². The first-order chi connectivity index (χ1) is 13.3. The number of hydrogen-bond donors (Lipinski definition) is 3. The Labute approximate surface area is 167 Å². The summed E-state index contributed by atoms with van der Waals surface area (Å²) in [4.78, 5) is 23.4. The number of carbonyl (C=O) groups is 2. The normalized spacial score (nSPS) is 10.7. The molecule has 28 heavy (non-hydrogen) atoms. The van der Waals surface area contributed by atoms with Crippen LogP contribution in [0.1, 0.15) is 19.4 Å². The largest absolute Gasteiger partial charge is 0.503 e. The van der Waals surface area contributed by atoms with E-state index in [0.29, 0.717) is 23.5 Å². The quantitative estimate of drug-likeness (QED) is 0.503. The topological polar surface area (TPSA) is 111 Å². The molecule has 0 fully saturated rings. The average molecular weight is 400 g/mol. The van der Waals surface area contributed by atoms with Gasteiger partial charge < -0.3 is 20.5 Å². The lowest BCUT2D eigenvalue weighted by molar-refractivity contribution is -0.114. The number of halogens is 1. The van der Waals surface area contributed by atoms with Gasteiger partial charge in [0.15, 0.2) is 11.5 Å². The minimum absolute atomic E-state index is 0.0449. The predicted molar refractivity (Wildman–Crippen MR) is 107 cm³/mol. The number of nitriles is 1. The molecular weight excluding hydrogens is 382 g/mol. The highest BCUT2D eigenvalue weighted by Gasteiger charge is 2.13. The molecule has 0 atom stereocenters. The van der Waals surface area contributed by atoms with Gasteiger partial charge in [0.2, 0.25) is 5.91 Å². The molecule has 0 bridgehead atoms. The Morgan fingerprint density at radius 3 is 2.36 bits per heavy atom. The Kier molecular flexibility index (Phi) is 7.02. The molecule has 0 aliphatic carbocycles. The number of amides is 2. The van der Waals surface area contributed by atoms with Crippen molar-refractivity contribution in [3.8, 4) is 17.6 Å². The van der Waals surface area contributed by atoms with Crippen LogP contribution in [0.5, 0.6) is 11.5 Å². The Morgan fingerprint density at radius 1 is 1.21 bits per heavy atom. The van der Waals surface area contributed by atoms with Crippen LogP contribution >= 0.6 is 11.6 Å². The fourth-order valence-electron chi connectivity index (χ4n) is 2.30. The van der Waals surface area contributed by atoms with Gasteiger partial charge >= 0.3 is 0 Å². The summed E-state index contributed by atoms with van der Waals surface area (Å²) in [7, 11) is 0. The van der Waals surface area contributed by atoms with Gasteiger partial charge in [-0.15, -0.1) is 0 Å². The summed E-state index contributed by atoms with van der Waals surface area (Å²) in [6.45, 7) is 3.46. The van der Waals surface area contributed by atoms with E-state index in [9.17, 15) is 20.0 Å². The minimum Gasteiger partial charge on any atom is -0.503 e. The molecule has 0 spiro atoms. The van der Waals surface area contributed by atoms with Gasteiger partial charge in [0.05, 0.1) is 11.6 Å². The third-order valence-electron chi connectivity index (χ3n) is 3.49. The number of ether oxygens (including phenoxy) is 1. The van der Waals surface area contributed by atoms with E-state index in [1.54, 1.807) is 31.2 Å². The highest BCUT2D eigenvalue weighted by molar-refractivity contribution is 6.32. The molecule has 0 aliphatic heterocycles. The van der Waals surface area contributed by atoms with Crippen molar-refractivity contribution in [2.75, 3.05) is 17.2 Å². The molecular formula is C20H18ClN3O4. The first kappa shape index (κ1) is 20.8. The van der Waals surface area contributed by atoms with E-state index in [2.05, 4.69) is 10.6 Å². The molecule has 8 heteroatoms. The van der Waals surface area contributed by atoms with Crippen molar-refractivity contribution in [1.82, 2.24) is 0 Å². The van der Waals surface area contributed by atoms with Crippen LogP contribution in [0.25, 0.3) is 6.08 Å². The van der Waals surface area contributed by atoms with Crippen LogP contribution in [0.4, 0.5) is 11.4 Å². The average Bonchev–Trinajstić information content (AvgIpc) is 2.65. The number of phenolic OH excluding ortho intramolecular Hbond substituents is 1. The second-order valence-corrected chi connectivity index (χ2v) is 6.07. The number of anilines is 2. The van der Waals surface area contributed by atoms with Gasteiger partial charge in [-0.05, 0) is 55.0 Å². The summed E-state index contributed by atoms with van der Waals surface area (Å²) in [5.74, 6) is -0.863. The number of aromatic hydroxyl groups is 1. The van der Waals surface area contributed by atoms with E-state index in [1.807, 2.05) is 6.07 Å². The van der Waals surface area contributed by atoms with E-state index >= 15 is 0 Å². The van der Waals surface area contributed by atoms with Gasteiger partial charge in [0, 0.05) is 18.3 Å². The number of nitrogens with zero attached hydrogens (tertiary/aromatic N) is 1. The summed E-state index contributed by atoms with van der Waals surface area (Å²) in [5.41, 5.74) is 1.32. The molecule has 2 rings (SSSR count). The Balaban J connectivity index is 2.21. The number of hydrogen-bond acceptors (Lipinski definition) is 5. The zero-order valence-corrected chi connectivity index (χ0v) is 16.0. The van der Waals surface area contributed by atoms with Crippen LogP contribution in [0.2, 0.25) is 5.02 Å². The molecule has 0 saturated heterocycles. The summed E-state index contributed by atoms with van der Waals surface area (Å²) < 4.78 is 5.29. The molecule has 144 valence electrons. The van der Waals surface area contributed by atoms with E-state index in [4.69, 9.17) is 16.3 Å². The fraction of sp³-hybridized carbons (Fsp3) is 0.150. The van der Waals surface area contributed by atoms with E-state index in [-0.39, 0.29) is 28.0 Å². The van der Waals surface area contributed by atoms with Crippen molar-refractivity contribution in [2.45, 2.75) is 13.8 Å². The molecule has 2 amide bonds. The minimum atomic E-state index is -0.614. The lowest BCUT2D eigenvalue weighted by Gasteiger charge is -2.09. The molecule has 2 aromatic rings. The summed E-state index contributed by atoms with van der Waals surface area (Å²) in [6.07, 6.45) is 1.34. The highest BCUT2D eigenvalue weighted by Crippen LogP contribution is 2.35. The third kappa shape index (κ3) is 5.50. The van der Waals surface area contributed by atoms with Crippen molar-refractivity contribution in [3.05, 3.63) is 52.6 Å². The van der Waals surface area contributed by atoms with Crippen molar-refractivity contribution < 1.29 is 19.4 Å². The lowest BCUT2D eigenvalue weighted by atomic mass is 10.1. The number of benzene rings is 2. The maximum Gasteiger partial charge on any atom is 0.266 e. The number of phenols is 1. The van der Waals surface area contributed by atoms with Crippen LogP contribution in [0.3, 0.4) is 0 Å². The number of nitrogens with one attached hydrogen (secondary N) is 2. The molecule has 2 aromatic carbocycles.